The maximum absolute atomic E-state index is 4.69. The number of guanidine groups is 1. The molecule has 0 saturated heterocycles. The molecule has 0 amide bonds. The first-order valence-electron chi connectivity index (χ1n) is 9.45. The summed E-state index contributed by atoms with van der Waals surface area (Å²) in [5, 5.41) is 7.90. The van der Waals surface area contributed by atoms with Crippen LogP contribution >= 0.6 is 11.3 Å². The van der Waals surface area contributed by atoms with E-state index in [0.717, 1.165) is 60.6 Å². The van der Waals surface area contributed by atoms with Crippen molar-refractivity contribution in [3.63, 3.8) is 0 Å². The second kappa shape index (κ2) is 8.99. The average molecular weight is 385 g/mol. The molecule has 2 heterocycles. The van der Waals surface area contributed by atoms with E-state index in [2.05, 4.69) is 76.1 Å². The van der Waals surface area contributed by atoms with Gasteiger partial charge in [-0.2, -0.15) is 0 Å². The minimum Gasteiger partial charge on any atom is -0.357 e. The fourth-order valence-electron chi connectivity index (χ4n) is 3.02. The molecular weight excluding hydrogens is 356 g/mol. The minimum absolute atomic E-state index is 0.731. The average Bonchev–Trinajstić information content (AvgIpc) is 3.13. The molecule has 0 atom stereocenters. The quantitative estimate of drug-likeness (QED) is 0.485. The number of aromatic nitrogens is 3. The first kappa shape index (κ1) is 19.4. The number of nitrogens with zero attached hydrogens (tertiary/aromatic N) is 4. The molecule has 0 aliphatic carbocycles. The van der Waals surface area contributed by atoms with E-state index < -0.39 is 0 Å². The van der Waals surface area contributed by atoms with Gasteiger partial charge in [0.2, 0.25) is 0 Å². The van der Waals surface area contributed by atoms with Crippen molar-refractivity contribution in [2.45, 2.75) is 40.7 Å². The molecular formula is C20H28N6S. The van der Waals surface area contributed by atoms with Gasteiger partial charge in [0.1, 0.15) is 5.82 Å². The van der Waals surface area contributed by atoms with Gasteiger partial charge in [0.05, 0.1) is 21.7 Å². The van der Waals surface area contributed by atoms with Crippen molar-refractivity contribution in [1.29, 1.82) is 0 Å². The van der Waals surface area contributed by atoms with Crippen LogP contribution in [0.2, 0.25) is 0 Å². The van der Waals surface area contributed by atoms with E-state index in [1.807, 2.05) is 6.07 Å². The third kappa shape index (κ3) is 4.86. The minimum atomic E-state index is 0.731. The smallest absolute Gasteiger partial charge is 0.191 e. The van der Waals surface area contributed by atoms with Crippen molar-refractivity contribution in [2.75, 3.05) is 19.6 Å². The molecule has 0 aliphatic rings. The maximum Gasteiger partial charge on any atom is 0.191 e. The van der Waals surface area contributed by atoms with E-state index in [9.17, 15) is 0 Å². The molecule has 2 aromatic heterocycles. The second-order valence-electron chi connectivity index (χ2n) is 6.49. The lowest BCUT2D eigenvalue weighted by atomic mass is 10.3. The summed E-state index contributed by atoms with van der Waals surface area (Å²) in [7, 11) is 0. The number of para-hydroxylation sites is 2. The Bertz CT molecular complexity index is 904. The molecule has 3 rings (SSSR count). The van der Waals surface area contributed by atoms with Crippen LogP contribution in [0.5, 0.6) is 0 Å². The van der Waals surface area contributed by atoms with Gasteiger partial charge in [0.15, 0.2) is 5.96 Å². The number of rotatable bonds is 7. The Balaban J connectivity index is 1.56. The van der Waals surface area contributed by atoms with E-state index in [1.165, 1.54) is 10.4 Å². The van der Waals surface area contributed by atoms with Crippen LogP contribution in [0.1, 0.15) is 28.3 Å². The lowest BCUT2D eigenvalue weighted by Crippen LogP contribution is -2.39. The fraction of sp³-hybridized carbons (Fsp3) is 0.450. The Morgan fingerprint density at radius 3 is 2.70 bits per heavy atom. The van der Waals surface area contributed by atoms with Gasteiger partial charge in [-0.3, -0.25) is 4.99 Å². The predicted molar refractivity (Wildman–Crippen MR) is 114 cm³/mol. The monoisotopic (exact) mass is 384 g/mol. The summed E-state index contributed by atoms with van der Waals surface area (Å²) in [6, 6.07) is 8.26. The molecule has 0 unspecified atom stereocenters. The number of aryl methyl sites for hydroxylation is 3. The molecule has 2 N–H and O–H groups in total. The van der Waals surface area contributed by atoms with Gasteiger partial charge in [-0.05, 0) is 39.8 Å². The van der Waals surface area contributed by atoms with Gasteiger partial charge in [0, 0.05) is 37.5 Å². The van der Waals surface area contributed by atoms with E-state index in [1.54, 1.807) is 11.3 Å². The topological polar surface area (TPSA) is 67.1 Å². The summed E-state index contributed by atoms with van der Waals surface area (Å²) in [5.41, 5.74) is 3.35. The number of benzene rings is 1. The Kier molecular flexibility index (Phi) is 6.45. The zero-order valence-electron chi connectivity index (χ0n) is 16.5. The number of hydrogen-bond donors (Lipinski definition) is 2. The van der Waals surface area contributed by atoms with Crippen molar-refractivity contribution in [1.82, 2.24) is 25.2 Å². The Morgan fingerprint density at radius 2 is 1.96 bits per heavy atom. The first-order valence-corrected chi connectivity index (χ1v) is 10.3. The zero-order valence-corrected chi connectivity index (χ0v) is 17.4. The molecule has 144 valence electrons. The molecule has 6 nitrogen and oxygen atoms in total. The van der Waals surface area contributed by atoms with Crippen LogP contribution in [0.25, 0.3) is 11.0 Å². The molecule has 7 heteroatoms. The third-order valence-corrected chi connectivity index (χ3v) is 5.62. The number of nitrogens with one attached hydrogen (secondary N) is 2. The standard InChI is InChI=1S/C20H28N6S/c1-5-21-20(22-11-10-19-24-14(2)15(3)27-19)23-12-13-26-16(4)25-17-8-6-7-9-18(17)26/h6-9H,5,10-13H2,1-4H3,(H2,21,22,23). The second-order valence-corrected chi connectivity index (χ2v) is 7.77. The molecule has 0 saturated carbocycles. The molecule has 0 aliphatic heterocycles. The van der Waals surface area contributed by atoms with Crippen LogP contribution in [-0.4, -0.2) is 40.1 Å². The number of hydrogen-bond acceptors (Lipinski definition) is 4. The molecule has 0 spiro atoms. The normalized spacial score (nSPS) is 11.9. The van der Waals surface area contributed by atoms with Gasteiger partial charge < -0.3 is 15.2 Å². The fourth-order valence-corrected chi connectivity index (χ4v) is 3.94. The Hall–Kier alpha value is -2.41. The van der Waals surface area contributed by atoms with Crippen molar-refractivity contribution in [3.05, 3.63) is 45.7 Å². The SMILES string of the molecule is CCNC(=NCCc1nc(C)c(C)s1)NCCn1c(C)nc2ccccc21. The highest BCUT2D eigenvalue weighted by Gasteiger charge is 2.07. The van der Waals surface area contributed by atoms with Gasteiger partial charge >= 0.3 is 0 Å². The van der Waals surface area contributed by atoms with Crippen LogP contribution in [0.15, 0.2) is 29.3 Å². The van der Waals surface area contributed by atoms with Crippen LogP contribution < -0.4 is 10.6 Å². The Labute approximate surface area is 164 Å². The third-order valence-electron chi connectivity index (χ3n) is 4.49. The molecule has 27 heavy (non-hydrogen) atoms. The highest BCUT2D eigenvalue weighted by molar-refractivity contribution is 7.11. The summed E-state index contributed by atoms with van der Waals surface area (Å²) in [6.07, 6.45) is 0.876. The van der Waals surface area contributed by atoms with E-state index in [-0.39, 0.29) is 0 Å². The number of fused-ring (bicyclic) bond motifs is 1. The summed E-state index contributed by atoms with van der Waals surface area (Å²) in [5.74, 6) is 1.89. The first-order chi connectivity index (χ1) is 13.1. The zero-order chi connectivity index (χ0) is 19.2. The van der Waals surface area contributed by atoms with Crippen LogP contribution in [0, 0.1) is 20.8 Å². The van der Waals surface area contributed by atoms with Crippen LogP contribution in [0.4, 0.5) is 0 Å². The lowest BCUT2D eigenvalue weighted by molar-refractivity contribution is 0.660. The van der Waals surface area contributed by atoms with E-state index in [4.69, 9.17) is 0 Å². The van der Waals surface area contributed by atoms with Crippen molar-refractivity contribution in [2.24, 2.45) is 4.99 Å². The van der Waals surface area contributed by atoms with Crippen molar-refractivity contribution >= 4 is 28.3 Å². The number of aliphatic imine (C=N–C) groups is 1. The van der Waals surface area contributed by atoms with Crippen LogP contribution in [0.3, 0.4) is 0 Å². The molecule has 0 radical (unpaired) electrons. The number of imidazole rings is 1. The molecule has 3 aromatic rings. The highest BCUT2D eigenvalue weighted by Crippen LogP contribution is 2.17. The van der Waals surface area contributed by atoms with Crippen molar-refractivity contribution < 1.29 is 0 Å². The Morgan fingerprint density at radius 1 is 1.15 bits per heavy atom. The number of thiazole rings is 1. The molecule has 1 aromatic carbocycles. The lowest BCUT2D eigenvalue weighted by Gasteiger charge is -2.12. The van der Waals surface area contributed by atoms with Gasteiger partial charge in [-0.1, -0.05) is 12.1 Å². The summed E-state index contributed by atoms with van der Waals surface area (Å²) < 4.78 is 2.24. The van der Waals surface area contributed by atoms with E-state index >= 15 is 0 Å². The van der Waals surface area contributed by atoms with Crippen molar-refractivity contribution in [3.8, 4) is 0 Å². The van der Waals surface area contributed by atoms with E-state index in [0.29, 0.717) is 0 Å². The predicted octanol–water partition coefficient (Wildman–Crippen LogP) is 3.22. The van der Waals surface area contributed by atoms with Gasteiger partial charge in [0.25, 0.3) is 0 Å². The summed E-state index contributed by atoms with van der Waals surface area (Å²) in [4.78, 5) is 15.2. The largest absolute Gasteiger partial charge is 0.357 e. The summed E-state index contributed by atoms with van der Waals surface area (Å²) in [6.45, 7) is 11.5. The molecule has 0 fully saturated rings. The van der Waals surface area contributed by atoms with Crippen LogP contribution in [-0.2, 0) is 13.0 Å². The van der Waals surface area contributed by atoms with Gasteiger partial charge in [-0.15, -0.1) is 11.3 Å². The maximum atomic E-state index is 4.69. The molecule has 0 bridgehead atoms. The van der Waals surface area contributed by atoms with Gasteiger partial charge in [-0.25, -0.2) is 9.97 Å². The highest BCUT2D eigenvalue weighted by atomic mass is 32.1. The summed E-state index contributed by atoms with van der Waals surface area (Å²) >= 11 is 1.77.